The van der Waals surface area contributed by atoms with Crippen LogP contribution in [0.5, 0.6) is 0 Å². The third-order valence-corrected chi connectivity index (χ3v) is 5.27. The average molecular weight is 460 g/mol. The molecule has 0 atom stereocenters. The third kappa shape index (κ3) is 4.30. The molecule has 0 saturated heterocycles. The second-order valence-corrected chi connectivity index (χ2v) is 7.55. The first-order chi connectivity index (χ1) is 16.4. The number of pyridine rings is 1. The molecule has 168 valence electrons. The molecule has 0 bridgehead atoms. The fraction of sp³-hybridized carbons (Fsp3) is 0.0385. The van der Waals surface area contributed by atoms with E-state index in [9.17, 15) is 17.6 Å². The fourth-order valence-corrected chi connectivity index (χ4v) is 3.63. The molecule has 0 unspecified atom stereocenters. The zero-order chi connectivity index (χ0) is 23.7. The van der Waals surface area contributed by atoms with Gasteiger partial charge in [0.25, 0.3) is 0 Å². The summed E-state index contributed by atoms with van der Waals surface area (Å²) in [5.41, 5.74) is 1.26. The summed E-state index contributed by atoms with van der Waals surface area (Å²) in [4.78, 5) is 13.2. The van der Waals surface area contributed by atoms with Gasteiger partial charge in [-0.15, -0.1) is 0 Å². The van der Waals surface area contributed by atoms with Gasteiger partial charge in [0.1, 0.15) is 11.6 Å². The van der Waals surface area contributed by atoms with Crippen molar-refractivity contribution in [2.45, 2.75) is 6.18 Å². The van der Waals surface area contributed by atoms with E-state index in [-0.39, 0.29) is 11.1 Å². The number of halogens is 4. The van der Waals surface area contributed by atoms with Crippen molar-refractivity contribution in [3.8, 4) is 22.5 Å². The van der Waals surface area contributed by atoms with Gasteiger partial charge >= 0.3 is 6.18 Å². The number of nitrogens with zero attached hydrogens (tertiary/aromatic N) is 3. The zero-order valence-corrected chi connectivity index (χ0v) is 17.5. The Kier molecular flexibility index (Phi) is 5.41. The van der Waals surface area contributed by atoms with Crippen LogP contribution in [0.4, 0.5) is 29.1 Å². The quantitative estimate of drug-likeness (QED) is 0.287. The fourth-order valence-electron chi connectivity index (χ4n) is 3.63. The molecule has 2 heterocycles. The lowest BCUT2D eigenvalue weighted by Gasteiger charge is -2.13. The summed E-state index contributed by atoms with van der Waals surface area (Å²) in [6.45, 7) is 0. The Morgan fingerprint density at radius 1 is 0.735 bits per heavy atom. The molecule has 0 saturated carbocycles. The lowest BCUT2D eigenvalue weighted by Crippen LogP contribution is -2.04. The summed E-state index contributed by atoms with van der Waals surface area (Å²) in [6.07, 6.45) is -1.22. The maximum absolute atomic E-state index is 15.0. The monoisotopic (exact) mass is 460 g/mol. The van der Waals surface area contributed by atoms with E-state index < -0.39 is 17.6 Å². The molecule has 2 aromatic heterocycles. The number of anilines is 2. The molecule has 5 aromatic rings. The van der Waals surface area contributed by atoms with Crippen LogP contribution in [0.15, 0.2) is 91.3 Å². The molecule has 0 amide bonds. The van der Waals surface area contributed by atoms with Crippen molar-refractivity contribution in [2.24, 2.45) is 0 Å². The van der Waals surface area contributed by atoms with Crippen molar-refractivity contribution in [3.05, 3.63) is 103 Å². The lowest BCUT2D eigenvalue weighted by molar-refractivity contribution is -0.137. The van der Waals surface area contributed by atoms with Gasteiger partial charge in [-0.25, -0.2) is 14.4 Å². The van der Waals surface area contributed by atoms with Crippen LogP contribution >= 0.6 is 0 Å². The molecular weight excluding hydrogens is 444 g/mol. The summed E-state index contributed by atoms with van der Waals surface area (Å²) in [5, 5.41) is 3.86. The maximum Gasteiger partial charge on any atom is 0.416 e. The number of nitrogens with one attached hydrogen (secondary N) is 1. The molecule has 0 aliphatic heterocycles. The summed E-state index contributed by atoms with van der Waals surface area (Å²) < 4.78 is 54.1. The van der Waals surface area contributed by atoms with Gasteiger partial charge < -0.3 is 5.32 Å². The first kappa shape index (κ1) is 21.5. The Bertz CT molecular complexity index is 1480. The SMILES string of the molecule is Fc1cc(Nc2nc(-c3ccncc3)nc3ccccc23)ccc1-c1cccc(C(F)(F)F)c1. The van der Waals surface area contributed by atoms with Crippen LogP contribution < -0.4 is 5.32 Å². The van der Waals surface area contributed by atoms with E-state index in [0.29, 0.717) is 22.8 Å². The van der Waals surface area contributed by atoms with E-state index in [1.165, 1.54) is 24.3 Å². The van der Waals surface area contributed by atoms with Gasteiger partial charge in [0, 0.05) is 34.6 Å². The Labute approximate surface area is 192 Å². The maximum atomic E-state index is 15.0. The highest BCUT2D eigenvalue weighted by Gasteiger charge is 2.30. The molecule has 3 aromatic carbocycles. The summed E-state index contributed by atoms with van der Waals surface area (Å²) in [6, 6.07) is 19.9. The Morgan fingerprint density at radius 3 is 2.29 bits per heavy atom. The largest absolute Gasteiger partial charge is 0.416 e. The number of aromatic nitrogens is 3. The minimum absolute atomic E-state index is 0.0710. The molecule has 0 aliphatic rings. The third-order valence-electron chi connectivity index (χ3n) is 5.27. The van der Waals surface area contributed by atoms with Crippen LogP contribution in [0.2, 0.25) is 0 Å². The molecule has 0 spiro atoms. The lowest BCUT2D eigenvalue weighted by atomic mass is 10.0. The summed E-state index contributed by atoms with van der Waals surface area (Å²) >= 11 is 0. The van der Waals surface area contributed by atoms with Crippen LogP contribution in [0.3, 0.4) is 0 Å². The Balaban J connectivity index is 1.52. The number of fused-ring (bicyclic) bond motifs is 1. The normalized spacial score (nSPS) is 11.5. The van der Waals surface area contributed by atoms with Gasteiger partial charge in [0.05, 0.1) is 11.1 Å². The van der Waals surface area contributed by atoms with Gasteiger partial charge in [0.15, 0.2) is 5.82 Å². The number of rotatable bonds is 4. The van der Waals surface area contributed by atoms with Gasteiger partial charge in [-0.05, 0) is 60.2 Å². The smallest absolute Gasteiger partial charge is 0.340 e. The highest BCUT2D eigenvalue weighted by Crippen LogP contribution is 2.34. The van der Waals surface area contributed by atoms with E-state index in [4.69, 9.17) is 0 Å². The van der Waals surface area contributed by atoms with E-state index >= 15 is 0 Å². The predicted molar refractivity (Wildman–Crippen MR) is 123 cm³/mol. The highest BCUT2D eigenvalue weighted by atomic mass is 19.4. The topological polar surface area (TPSA) is 50.7 Å². The van der Waals surface area contributed by atoms with Crippen molar-refractivity contribution in [2.75, 3.05) is 5.32 Å². The Morgan fingerprint density at radius 2 is 1.53 bits per heavy atom. The second kappa shape index (κ2) is 8.55. The van der Waals surface area contributed by atoms with Gasteiger partial charge in [-0.1, -0.05) is 24.3 Å². The number of alkyl halides is 3. The first-order valence-electron chi connectivity index (χ1n) is 10.3. The van der Waals surface area contributed by atoms with E-state index in [1.807, 2.05) is 24.3 Å². The number of hydrogen-bond donors (Lipinski definition) is 1. The van der Waals surface area contributed by atoms with Crippen molar-refractivity contribution in [1.29, 1.82) is 0 Å². The van der Waals surface area contributed by atoms with Crippen molar-refractivity contribution in [1.82, 2.24) is 15.0 Å². The van der Waals surface area contributed by atoms with Crippen molar-refractivity contribution >= 4 is 22.4 Å². The zero-order valence-electron chi connectivity index (χ0n) is 17.5. The van der Waals surface area contributed by atoms with Crippen LogP contribution in [0, 0.1) is 5.82 Å². The van der Waals surface area contributed by atoms with Crippen molar-refractivity contribution in [3.63, 3.8) is 0 Å². The van der Waals surface area contributed by atoms with E-state index in [2.05, 4.69) is 20.3 Å². The van der Waals surface area contributed by atoms with Crippen LogP contribution in [0.25, 0.3) is 33.4 Å². The number of hydrogen-bond acceptors (Lipinski definition) is 4. The van der Waals surface area contributed by atoms with Gasteiger partial charge in [-0.3, -0.25) is 4.98 Å². The molecule has 1 N–H and O–H groups in total. The summed E-state index contributed by atoms with van der Waals surface area (Å²) in [7, 11) is 0. The molecule has 34 heavy (non-hydrogen) atoms. The number of benzene rings is 3. The van der Waals surface area contributed by atoms with E-state index in [1.54, 1.807) is 30.6 Å². The minimum atomic E-state index is -4.51. The molecule has 5 rings (SSSR count). The van der Waals surface area contributed by atoms with E-state index in [0.717, 1.165) is 23.1 Å². The van der Waals surface area contributed by atoms with Crippen LogP contribution in [-0.4, -0.2) is 15.0 Å². The minimum Gasteiger partial charge on any atom is -0.340 e. The van der Waals surface area contributed by atoms with Crippen LogP contribution in [-0.2, 0) is 6.18 Å². The second-order valence-electron chi connectivity index (χ2n) is 7.55. The predicted octanol–water partition coefficient (Wildman–Crippen LogP) is 7.26. The Hall–Kier alpha value is -4.33. The van der Waals surface area contributed by atoms with Crippen molar-refractivity contribution < 1.29 is 17.6 Å². The van der Waals surface area contributed by atoms with Gasteiger partial charge in [-0.2, -0.15) is 13.2 Å². The standard InChI is InChI=1S/C26H16F4N4/c27-22-15-19(8-9-20(22)17-4-3-5-18(14-17)26(28,29)30)32-25-21-6-1-2-7-23(21)33-24(34-25)16-10-12-31-13-11-16/h1-15H,(H,32,33,34). The number of para-hydroxylation sites is 1. The molecule has 4 nitrogen and oxygen atoms in total. The molecule has 8 heteroatoms. The molecular formula is C26H16F4N4. The first-order valence-corrected chi connectivity index (χ1v) is 10.3. The molecule has 0 fully saturated rings. The van der Waals surface area contributed by atoms with Gasteiger partial charge in [0.2, 0.25) is 0 Å². The average Bonchev–Trinajstić information content (AvgIpc) is 2.84. The molecule has 0 aliphatic carbocycles. The highest BCUT2D eigenvalue weighted by molar-refractivity contribution is 5.92. The summed E-state index contributed by atoms with van der Waals surface area (Å²) in [5.74, 6) is 0.297. The van der Waals surface area contributed by atoms with Crippen LogP contribution in [0.1, 0.15) is 5.56 Å². The molecule has 0 radical (unpaired) electrons.